The van der Waals surface area contributed by atoms with Crippen LogP contribution in [0.5, 0.6) is 0 Å². The number of rotatable bonds is 6. The number of hydrogen-bond acceptors (Lipinski definition) is 0. The van der Waals surface area contributed by atoms with E-state index in [1.807, 2.05) is 0 Å². The molecule has 0 heterocycles. The Kier molecular flexibility index (Phi) is 5.77. The predicted octanol–water partition coefficient (Wildman–Crippen LogP) is 5.62. The second kappa shape index (κ2) is 7.61. The molecule has 0 spiro atoms. The highest BCUT2D eigenvalue weighted by atomic mass is 14.3. The number of unbranched alkanes of at least 4 members (excludes halogenated alkanes) is 1. The van der Waals surface area contributed by atoms with Crippen LogP contribution in [-0.2, 0) is 6.42 Å². The van der Waals surface area contributed by atoms with E-state index < -0.39 is 0 Å². The number of benzene rings is 1. The highest BCUT2D eigenvalue weighted by Gasteiger charge is 2.20. The van der Waals surface area contributed by atoms with Crippen molar-refractivity contribution in [1.82, 2.24) is 0 Å². The third kappa shape index (κ3) is 4.48. The Morgan fingerprint density at radius 2 is 1.50 bits per heavy atom. The number of hydrogen-bond donors (Lipinski definition) is 0. The Labute approximate surface area is 113 Å². The van der Waals surface area contributed by atoms with Gasteiger partial charge in [0.05, 0.1) is 0 Å². The lowest BCUT2D eigenvalue weighted by Gasteiger charge is -2.28. The van der Waals surface area contributed by atoms with E-state index in [-0.39, 0.29) is 0 Å². The van der Waals surface area contributed by atoms with Crippen molar-refractivity contribution >= 4 is 0 Å². The van der Waals surface area contributed by atoms with Crippen LogP contribution in [0.3, 0.4) is 0 Å². The standard InChI is InChI=1S/C18H28/c1-2-3-7-17-11-14-18(15-12-17)13-10-16-8-5-4-6-9-16/h4-6,8-9,17-18H,2-3,7,10-15H2,1H3. The first kappa shape index (κ1) is 13.6. The van der Waals surface area contributed by atoms with Crippen molar-refractivity contribution in [3.05, 3.63) is 35.9 Å². The van der Waals surface area contributed by atoms with E-state index in [9.17, 15) is 0 Å². The Bertz CT molecular complexity index is 306. The molecular formula is C18H28. The largest absolute Gasteiger partial charge is 0.0654 e. The summed E-state index contributed by atoms with van der Waals surface area (Å²) in [6.45, 7) is 2.31. The Hall–Kier alpha value is -0.780. The van der Waals surface area contributed by atoms with E-state index in [4.69, 9.17) is 0 Å². The second-order valence-electron chi connectivity index (χ2n) is 6.05. The molecule has 0 aromatic heterocycles. The zero-order valence-corrected chi connectivity index (χ0v) is 11.9. The monoisotopic (exact) mass is 244 g/mol. The van der Waals surface area contributed by atoms with Crippen LogP contribution in [0.2, 0.25) is 0 Å². The summed E-state index contributed by atoms with van der Waals surface area (Å²) in [5.74, 6) is 2.06. The molecule has 0 heteroatoms. The first-order chi connectivity index (χ1) is 8.88. The first-order valence-electron chi connectivity index (χ1n) is 7.92. The molecule has 1 aliphatic rings. The van der Waals surface area contributed by atoms with Gasteiger partial charge in [0.25, 0.3) is 0 Å². The van der Waals surface area contributed by atoms with Gasteiger partial charge in [0.1, 0.15) is 0 Å². The van der Waals surface area contributed by atoms with Crippen LogP contribution in [0.15, 0.2) is 30.3 Å². The topological polar surface area (TPSA) is 0 Å². The van der Waals surface area contributed by atoms with Crippen LogP contribution in [0, 0.1) is 11.8 Å². The van der Waals surface area contributed by atoms with Gasteiger partial charge in [-0.1, -0.05) is 82.2 Å². The minimum absolute atomic E-state index is 1.00. The molecule has 2 rings (SSSR count). The molecule has 0 amide bonds. The molecule has 1 saturated carbocycles. The van der Waals surface area contributed by atoms with Crippen LogP contribution in [0.4, 0.5) is 0 Å². The SMILES string of the molecule is CCCCC1CCC(CCc2ccccc2)CC1. The van der Waals surface area contributed by atoms with Gasteiger partial charge in [-0.05, 0) is 30.2 Å². The van der Waals surface area contributed by atoms with Gasteiger partial charge >= 0.3 is 0 Å². The fourth-order valence-electron chi connectivity index (χ4n) is 3.32. The minimum Gasteiger partial charge on any atom is -0.0654 e. The highest BCUT2D eigenvalue weighted by molar-refractivity contribution is 5.14. The third-order valence-corrected chi connectivity index (χ3v) is 4.62. The average molecular weight is 244 g/mol. The average Bonchev–Trinajstić information content (AvgIpc) is 2.45. The molecule has 0 N–H and O–H groups in total. The van der Waals surface area contributed by atoms with Crippen molar-refractivity contribution in [2.75, 3.05) is 0 Å². The molecule has 18 heavy (non-hydrogen) atoms. The molecule has 1 aromatic carbocycles. The molecule has 0 saturated heterocycles. The summed E-state index contributed by atoms with van der Waals surface area (Å²) in [5, 5.41) is 0. The molecule has 0 bridgehead atoms. The fraction of sp³-hybridized carbons (Fsp3) is 0.667. The van der Waals surface area contributed by atoms with E-state index in [2.05, 4.69) is 37.3 Å². The van der Waals surface area contributed by atoms with Gasteiger partial charge in [-0.3, -0.25) is 0 Å². The summed E-state index contributed by atoms with van der Waals surface area (Å²) >= 11 is 0. The fourth-order valence-corrected chi connectivity index (χ4v) is 3.32. The van der Waals surface area contributed by atoms with E-state index in [1.54, 1.807) is 0 Å². The van der Waals surface area contributed by atoms with Crippen LogP contribution in [0.1, 0.15) is 63.9 Å². The van der Waals surface area contributed by atoms with Gasteiger partial charge in [-0.25, -0.2) is 0 Å². The Morgan fingerprint density at radius 1 is 0.889 bits per heavy atom. The lowest BCUT2D eigenvalue weighted by molar-refractivity contribution is 0.250. The Morgan fingerprint density at radius 3 is 2.11 bits per heavy atom. The summed E-state index contributed by atoms with van der Waals surface area (Å²) in [5.41, 5.74) is 1.52. The normalized spacial score (nSPS) is 24.1. The van der Waals surface area contributed by atoms with Crippen LogP contribution in [0.25, 0.3) is 0 Å². The molecule has 0 nitrogen and oxygen atoms in total. The van der Waals surface area contributed by atoms with Crippen LogP contribution < -0.4 is 0 Å². The van der Waals surface area contributed by atoms with Crippen LogP contribution in [-0.4, -0.2) is 0 Å². The molecule has 0 aliphatic heterocycles. The lowest BCUT2D eigenvalue weighted by atomic mass is 9.78. The highest BCUT2D eigenvalue weighted by Crippen LogP contribution is 2.34. The van der Waals surface area contributed by atoms with Gasteiger partial charge in [0.2, 0.25) is 0 Å². The van der Waals surface area contributed by atoms with Crippen molar-refractivity contribution in [2.24, 2.45) is 11.8 Å². The van der Waals surface area contributed by atoms with Gasteiger partial charge in [0.15, 0.2) is 0 Å². The molecule has 0 unspecified atom stereocenters. The maximum atomic E-state index is 2.31. The van der Waals surface area contributed by atoms with Crippen molar-refractivity contribution < 1.29 is 0 Å². The van der Waals surface area contributed by atoms with Gasteiger partial charge in [-0.15, -0.1) is 0 Å². The van der Waals surface area contributed by atoms with E-state index in [0.717, 1.165) is 11.8 Å². The molecule has 1 aliphatic carbocycles. The number of aryl methyl sites for hydroxylation is 1. The molecule has 1 fully saturated rings. The molecule has 0 radical (unpaired) electrons. The van der Waals surface area contributed by atoms with Crippen molar-refractivity contribution in [3.63, 3.8) is 0 Å². The van der Waals surface area contributed by atoms with Gasteiger partial charge in [-0.2, -0.15) is 0 Å². The second-order valence-corrected chi connectivity index (χ2v) is 6.05. The Balaban J connectivity index is 1.65. The maximum Gasteiger partial charge on any atom is -0.0276 e. The molecule has 1 aromatic rings. The van der Waals surface area contributed by atoms with E-state index >= 15 is 0 Å². The van der Waals surface area contributed by atoms with Crippen molar-refractivity contribution in [2.45, 2.75) is 64.7 Å². The van der Waals surface area contributed by atoms with Crippen molar-refractivity contribution in [3.8, 4) is 0 Å². The van der Waals surface area contributed by atoms with Gasteiger partial charge in [0, 0.05) is 0 Å². The van der Waals surface area contributed by atoms with E-state index in [0.29, 0.717) is 0 Å². The smallest absolute Gasteiger partial charge is 0.0276 e. The summed E-state index contributed by atoms with van der Waals surface area (Å²) in [6, 6.07) is 11.0. The maximum absolute atomic E-state index is 2.31. The summed E-state index contributed by atoms with van der Waals surface area (Å²) in [6.07, 6.45) is 13.0. The molecule has 0 atom stereocenters. The zero-order valence-electron chi connectivity index (χ0n) is 11.9. The zero-order chi connectivity index (χ0) is 12.6. The van der Waals surface area contributed by atoms with Crippen LogP contribution >= 0.6 is 0 Å². The lowest BCUT2D eigenvalue weighted by Crippen LogP contribution is -2.15. The first-order valence-corrected chi connectivity index (χ1v) is 7.92. The predicted molar refractivity (Wildman–Crippen MR) is 79.7 cm³/mol. The summed E-state index contributed by atoms with van der Waals surface area (Å²) < 4.78 is 0. The summed E-state index contributed by atoms with van der Waals surface area (Å²) in [7, 11) is 0. The third-order valence-electron chi connectivity index (χ3n) is 4.62. The molecule has 100 valence electrons. The van der Waals surface area contributed by atoms with E-state index in [1.165, 1.54) is 63.4 Å². The molecular weight excluding hydrogens is 216 g/mol. The van der Waals surface area contributed by atoms with Crippen molar-refractivity contribution in [1.29, 1.82) is 0 Å². The summed E-state index contributed by atoms with van der Waals surface area (Å²) in [4.78, 5) is 0. The minimum atomic E-state index is 1.00. The quantitative estimate of drug-likeness (QED) is 0.609. The van der Waals surface area contributed by atoms with Gasteiger partial charge < -0.3 is 0 Å².